The van der Waals surface area contributed by atoms with Crippen LogP contribution in [0.3, 0.4) is 0 Å². The molecule has 130 valence electrons. The molecule has 1 N–H and O–H groups in total. The molecule has 1 aliphatic heterocycles. The van der Waals surface area contributed by atoms with Gasteiger partial charge < -0.3 is 10.0 Å². The second-order valence-corrected chi connectivity index (χ2v) is 7.22. The van der Waals surface area contributed by atoms with E-state index >= 15 is 0 Å². The maximum Gasteiger partial charge on any atom is 0.226 e. The van der Waals surface area contributed by atoms with Gasteiger partial charge in [0.05, 0.1) is 12.1 Å². The van der Waals surface area contributed by atoms with E-state index in [4.69, 9.17) is 0 Å². The van der Waals surface area contributed by atoms with Gasteiger partial charge in [0.15, 0.2) is 0 Å². The van der Waals surface area contributed by atoms with Gasteiger partial charge >= 0.3 is 0 Å². The van der Waals surface area contributed by atoms with Crippen LogP contribution in [0.15, 0.2) is 36.4 Å². The molecule has 1 saturated heterocycles. The second-order valence-electron chi connectivity index (χ2n) is 7.22. The first kappa shape index (κ1) is 17.2. The van der Waals surface area contributed by atoms with Crippen LogP contribution in [0.5, 0.6) is 0 Å². The number of aliphatic hydroxyl groups excluding tert-OH is 1. The van der Waals surface area contributed by atoms with Gasteiger partial charge in [-0.1, -0.05) is 55.3 Å². The number of benzene rings is 1. The number of rotatable bonds is 3. The second kappa shape index (κ2) is 8.48. The lowest BCUT2D eigenvalue weighted by Gasteiger charge is -2.34. The van der Waals surface area contributed by atoms with E-state index in [-0.39, 0.29) is 18.1 Å². The van der Waals surface area contributed by atoms with Crippen molar-refractivity contribution in [1.29, 1.82) is 0 Å². The average Bonchev–Trinajstić information content (AvgIpc) is 2.86. The fourth-order valence-corrected chi connectivity index (χ4v) is 3.95. The van der Waals surface area contributed by atoms with Crippen LogP contribution in [0.25, 0.3) is 6.08 Å². The maximum absolute atomic E-state index is 13.0. The van der Waals surface area contributed by atoms with Crippen molar-refractivity contribution >= 4 is 12.0 Å². The summed E-state index contributed by atoms with van der Waals surface area (Å²) in [7, 11) is 0. The summed E-state index contributed by atoms with van der Waals surface area (Å²) in [5.41, 5.74) is 1.19. The summed E-state index contributed by atoms with van der Waals surface area (Å²) in [6, 6.07) is 10.5. The van der Waals surface area contributed by atoms with Gasteiger partial charge in [0.1, 0.15) is 0 Å². The van der Waals surface area contributed by atoms with Gasteiger partial charge in [0.25, 0.3) is 0 Å². The number of hydrogen-bond donors (Lipinski definition) is 1. The van der Waals surface area contributed by atoms with Crippen LogP contribution < -0.4 is 0 Å². The Bertz CT molecular complexity index is 546. The van der Waals surface area contributed by atoms with Crippen molar-refractivity contribution < 1.29 is 9.90 Å². The molecule has 1 atom stereocenters. The van der Waals surface area contributed by atoms with E-state index in [2.05, 4.69) is 29.2 Å². The summed E-state index contributed by atoms with van der Waals surface area (Å²) >= 11 is 0. The highest BCUT2D eigenvalue weighted by Crippen LogP contribution is 2.29. The minimum absolute atomic E-state index is 0.110. The summed E-state index contributed by atoms with van der Waals surface area (Å²) < 4.78 is 0. The van der Waals surface area contributed by atoms with Gasteiger partial charge in [-0.15, -0.1) is 0 Å². The third-order valence-corrected chi connectivity index (χ3v) is 5.44. The van der Waals surface area contributed by atoms with Gasteiger partial charge in [-0.25, -0.2) is 0 Å². The van der Waals surface area contributed by atoms with Gasteiger partial charge in [0.2, 0.25) is 5.91 Å². The number of carbonyl (C=O) groups excluding carboxylic acids is 1. The zero-order valence-corrected chi connectivity index (χ0v) is 14.4. The summed E-state index contributed by atoms with van der Waals surface area (Å²) in [6.07, 6.45) is 12.0. The molecule has 0 aromatic heterocycles. The van der Waals surface area contributed by atoms with Gasteiger partial charge in [-0.2, -0.15) is 0 Å². The van der Waals surface area contributed by atoms with Crippen LogP contribution in [-0.2, 0) is 4.79 Å². The van der Waals surface area contributed by atoms with Crippen LogP contribution in [-0.4, -0.2) is 34.6 Å². The first-order valence-electron chi connectivity index (χ1n) is 9.46. The maximum atomic E-state index is 13.0. The van der Waals surface area contributed by atoms with Crippen LogP contribution >= 0.6 is 0 Å². The van der Waals surface area contributed by atoms with E-state index in [1.54, 1.807) is 0 Å². The van der Waals surface area contributed by atoms with Crippen molar-refractivity contribution in [3.63, 3.8) is 0 Å². The largest absolute Gasteiger partial charge is 0.393 e. The van der Waals surface area contributed by atoms with E-state index in [9.17, 15) is 9.90 Å². The van der Waals surface area contributed by atoms with Crippen molar-refractivity contribution in [2.75, 3.05) is 6.54 Å². The first-order valence-corrected chi connectivity index (χ1v) is 9.46. The molecule has 0 radical (unpaired) electrons. The highest BCUT2D eigenvalue weighted by molar-refractivity contribution is 5.79. The van der Waals surface area contributed by atoms with E-state index in [1.165, 1.54) is 18.4 Å². The molecule has 3 nitrogen and oxygen atoms in total. The lowest BCUT2D eigenvalue weighted by molar-refractivity contribution is -0.138. The Morgan fingerprint density at radius 2 is 1.75 bits per heavy atom. The Morgan fingerprint density at radius 3 is 2.50 bits per heavy atom. The van der Waals surface area contributed by atoms with Gasteiger partial charge in [-0.3, -0.25) is 4.79 Å². The highest BCUT2D eigenvalue weighted by atomic mass is 16.3. The van der Waals surface area contributed by atoms with Gasteiger partial charge in [-0.05, 0) is 44.1 Å². The zero-order valence-electron chi connectivity index (χ0n) is 14.4. The molecule has 24 heavy (non-hydrogen) atoms. The monoisotopic (exact) mass is 327 g/mol. The summed E-state index contributed by atoms with van der Waals surface area (Å²) in [6.45, 7) is 0.877. The number of carbonyl (C=O) groups is 1. The topological polar surface area (TPSA) is 40.5 Å². The number of nitrogens with zero attached hydrogens (tertiary/aromatic N) is 1. The standard InChI is InChI=1S/C21H29NO2/c23-20-14-11-18(12-15-20)21(24)22-16-6-2-5-9-19(22)13-10-17-7-3-1-4-8-17/h1,3-4,7-8,10,13,18-20,23H,2,5-6,9,11-12,14-16H2/b13-10+. The molecular weight excluding hydrogens is 298 g/mol. The molecule has 0 bridgehead atoms. The Hall–Kier alpha value is -1.61. The Morgan fingerprint density at radius 1 is 1.00 bits per heavy atom. The molecule has 1 saturated carbocycles. The van der Waals surface area contributed by atoms with Crippen molar-refractivity contribution in [2.24, 2.45) is 5.92 Å². The molecule has 1 heterocycles. The van der Waals surface area contributed by atoms with Crippen molar-refractivity contribution in [1.82, 2.24) is 4.90 Å². The lowest BCUT2D eigenvalue weighted by Crippen LogP contribution is -2.43. The third-order valence-electron chi connectivity index (χ3n) is 5.44. The molecule has 1 aromatic rings. The minimum Gasteiger partial charge on any atom is -0.393 e. The number of aliphatic hydroxyl groups is 1. The van der Waals surface area contributed by atoms with Crippen molar-refractivity contribution in [3.05, 3.63) is 42.0 Å². The Labute approximate surface area is 145 Å². The number of hydrogen-bond acceptors (Lipinski definition) is 2. The quantitative estimate of drug-likeness (QED) is 0.911. The van der Waals surface area contributed by atoms with Gasteiger partial charge in [0, 0.05) is 12.5 Å². The minimum atomic E-state index is -0.202. The molecule has 3 rings (SSSR count). The van der Waals surface area contributed by atoms with E-state index in [1.807, 2.05) is 18.2 Å². The van der Waals surface area contributed by atoms with E-state index in [0.29, 0.717) is 5.91 Å². The fraction of sp³-hybridized carbons (Fsp3) is 0.571. The predicted octanol–water partition coefficient (Wildman–Crippen LogP) is 4.02. The van der Waals surface area contributed by atoms with Crippen molar-refractivity contribution in [3.8, 4) is 0 Å². The normalized spacial score (nSPS) is 28.7. The molecule has 1 aliphatic carbocycles. The van der Waals surface area contributed by atoms with Crippen molar-refractivity contribution in [2.45, 2.75) is 63.5 Å². The predicted molar refractivity (Wildman–Crippen MR) is 97.4 cm³/mol. The average molecular weight is 327 g/mol. The van der Waals surface area contributed by atoms with Crippen LogP contribution in [0.1, 0.15) is 56.9 Å². The number of amides is 1. The Balaban J connectivity index is 1.70. The number of likely N-dealkylation sites (tertiary alicyclic amines) is 1. The first-order chi connectivity index (χ1) is 11.7. The SMILES string of the molecule is O=C(C1CCC(O)CC1)N1CCCCCC1/C=C/c1ccccc1. The molecular formula is C21H29NO2. The molecule has 1 amide bonds. The Kier molecular flexibility index (Phi) is 6.08. The molecule has 1 aromatic carbocycles. The summed E-state index contributed by atoms with van der Waals surface area (Å²) in [5.74, 6) is 0.422. The molecule has 3 heteroatoms. The van der Waals surface area contributed by atoms with E-state index < -0.39 is 0 Å². The zero-order chi connectivity index (χ0) is 16.8. The fourth-order valence-electron chi connectivity index (χ4n) is 3.95. The molecule has 1 unspecified atom stereocenters. The lowest BCUT2D eigenvalue weighted by atomic mass is 9.86. The molecule has 2 aliphatic rings. The smallest absolute Gasteiger partial charge is 0.226 e. The van der Waals surface area contributed by atoms with Crippen LogP contribution in [0, 0.1) is 5.92 Å². The summed E-state index contributed by atoms with van der Waals surface area (Å²) in [5, 5.41) is 9.69. The third kappa shape index (κ3) is 4.47. The van der Waals surface area contributed by atoms with Crippen LogP contribution in [0.2, 0.25) is 0 Å². The molecule has 2 fully saturated rings. The van der Waals surface area contributed by atoms with E-state index in [0.717, 1.165) is 45.1 Å². The summed E-state index contributed by atoms with van der Waals surface area (Å²) in [4.78, 5) is 15.2. The molecule has 0 spiro atoms. The highest BCUT2D eigenvalue weighted by Gasteiger charge is 2.31. The van der Waals surface area contributed by atoms with Crippen LogP contribution in [0.4, 0.5) is 0 Å².